The summed E-state index contributed by atoms with van der Waals surface area (Å²) in [5.41, 5.74) is 7.40. The molecule has 1 atom stereocenters. The number of carbonyl (C=O) groups is 1. The first kappa shape index (κ1) is 16.9. The summed E-state index contributed by atoms with van der Waals surface area (Å²) in [7, 11) is 0. The molecule has 1 aromatic carbocycles. The molecular formula is C20H24N2OS. The zero-order valence-electron chi connectivity index (χ0n) is 14.6. The highest BCUT2D eigenvalue weighted by Crippen LogP contribution is 2.33. The van der Waals surface area contributed by atoms with Crippen molar-refractivity contribution in [3.63, 3.8) is 0 Å². The lowest BCUT2D eigenvalue weighted by Gasteiger charge is -2.19. The van der Waals surface area contributed by atoms with E-state index in [0.29, 0.717) is 0 Å². The van der Waals surface area contributed by atoms with Crippen molar-refractivity contribution in [2.45, 2.75) is 46.5 Å². The van der Waals surface area contributed by atoms with Gasteiger partial charge in [0.2, 0.25) is 0 Å². The second-order valence-corrected chi connectivity index (χ2v) is 7.77. The fourth-order valence-corrected chi connectivity index (χ4v) is 4.27. The largest absolute Gasteiger partial charge is 0.281 e. The predicted molar refractivity (Wildman–Crippen MR) is 101 cm³/mol. The van der Waals surface area contributed by atoms with E-state index in [0.717, 1.165) is 34.8 Å². The van der Waals surface area contributed by atoms with Crippen molar-refractivity contribution in [2.24, 2.45) is 11.0 Å². The van der Waals surface area contributed by atoms with Crippen LogP contribution >= 0.6 is 11.3 Å². The van der Waals surface area contributed by atoms with Gasteiger partial charge in [0, 0.05) is 4.88 Å². The van der Waals surface area contributed by atoms with Gasteiger partial charge < -0.3 is 0 Å². The van der Waals surface area contributed by atoms with E-state index in [1.807, 2.05) is 6.92 Å². The van der Waals surface area contributed by atoms with Gasteiger partial charge in [0.25, 0.3) is 5.91 Å². The van der Waals surface area contributed by atoms with Gasteiger partial charge >= 0.3 is 0 Å². The highest BCUT2D eigenvalue weighted by molar-refractivity contribution is 7.14. The van der Waals surface area contributed by atoms with Crippen LogP contribution < -0.4 is 5.43 Å². The van der Waals surface area contributed by atoms with Gasteiger partial charge in [-0.05, 0) is 61.8 Å². The van der Waals surface area contributed by atoms with Gasteiger partial charge in [-0.1, -0.05) is 37.1 Å². The average molecular weight is 340 g/mol. The van der Waals surface area contributed by atoms with Gasteiger partial charge in [0.1, 0.15) is 0 Å². The van der Waals surface area contributed by atoms with E-state index in [4.69, 9.17) is 0 Å². The first-order valence-corrected chi connectivity index (χ1v) is 9.40. The Labute approximate surface area is 147 Å². The summed E-state index contributed by atoms with van der Waals surface area (Å²) in [5, 5.41) is 4.14. The molecule has 2 aromatic rings. The number of hydrazone groups is 1. The second-order valence-electron chi connectivity index (χ2n) is 6.64. The van der Waals surface area contributed by atoms with E-state index in [1.54, 1.807) is 17.6 Å². The Kier molecular flexibility index (Phi) is 5.14. The lowest BCUT2D eigenvalue weighted by molar-refractivity contribution is 0.0959. The maximum Gasteiger partial charge on any atom is 0.281 e. The van der Waals surface area contributed by atoms with Crippen LogP contribution in [0.5, 0.6) is 0 Å². The van der Waals surface area contributed by atoms with Crippen LogP contribution in [-0.2, 0) is 12.8 Å². The Bertz CT molecular complexity index is 776. The summed E-state index contributed by atoms with van der Waals surface area (Å²) in [5.74, 6) is 0.661. The SMILES string of the molecule is CC[C@H]1CCc2sc(C(=O)N/N=C\c3cc(C)ccc3C)cc2C1. The van der Waals surface area contributed by atoms with Gasteiger partial charge in [-0.3, -0.25) is 4.79 Å². The Balaban J connectivity index is 1.66. The van der Waals surface area contributed by atoms with Crippen molar-refractivity contribution >= 4 is 23.5 Å². The van der Waals surface area contributed by atoms with E-state index in [9.17, 15) is 4.79 Å². The molecule has 0 spiro atoms. The molecule has 1 aromatic heterocycles. The number of nitrogens with one attached hydrogen (secondary N) is 1. The highest BCUT2D eigenvalue weighted by Gasteiger charge is 2.21. The molecule has 24 heavy (non-hydrogen) atoms. The third-order valence-electron chi connectivity index (χ3n) is 4.79. The molecule has 0 fully saturated rings. The Morgan fingerprint density at radius 1 is 1.38 bits per heavy atom. The van der Waals surface area contributed by atoms with Crippen LogP contribution in [0.4, 0.5) is 0 Å². The molecule has 1 N–H and O–H groups in total. The minimum atomic E-state index is -0.107. The summed E-state index contributed by atoms with van der Waals surface area (Å²) in [6.45, 7) is 6.34. The minimum Gasteiger partial charge on any atom is -0.266 e. The van der Waals surface area contributed by atoms with Crippen molar-refractivity contribution in [2.75, 3.05) is 0 Å². The number of fused-ring (bicyclic) bond motifs is 1. The highest BCUT2D eigenvalue weighted by atomic mass is 32.1. The monoisotopic (exact) mass is 340 g/mol. The van der Waals surface area contributed by atoms with Crippen molar-refractivity contribution in [1.29, 1.82) is 0 Å². The topological polar surface area (TPSA) is 41.5 Å². The fourth-order valence-electron chi connectivity index (χ4n) is 3.17. The molecular weight excluding hydrogens is 316 g/mol. The molecule has 3 nitrogen and oxygen atoms in total. The van der Waals surface area contributed by atoms with Gasteiger partial charge in [0.15, 0.2) is 0 Å². The van der Waals surface area contributed by atoms with E-state index >= 15 is 0 Å². The lowest BCUT2D eigenvalue weighted by Crippen LogP contribution is -2.16. The first-order chi connectivity index (χ1) is 11.6. The van der Waals surface area contributed by atoms with Gasteiger partial charge in [-0.15, -0.1) is 11.3 Å². The smallest absolute Gasteiger partial charge is 0.266 e. The molecule has 1 heterocycles. The van der Waals surface area contributed by atoms with Crippen molar-refractivity contribution in [3.05, 3.63) is 56.3 Å². The maximum atomic E-state index is 12.3. The molecule has 3 rings (SSSR count). The quantitative estimate of drug-likeness (QED) is 0.639. The molecule has 0 unspecified atom stereocenters. The van der Waals surface area contributed by atoms with Crippen LogP contribution in [0.25, 0.3) is 0 Å². The zero-order chi connectivity index (χ0) is 17.1. The van der Waals surface area contributed by atoms with E-state index in [2.05, 4.69) is 48.6 Å². The Morgan fingerprint density at radius 3 is 3.00 bits per heavy atom. The van der Waals surface area contributed by atoms with Crippen LogP contribution in [0.2, 0.25) is 0 Å². The number of aryl methyl sites for hydroxylation is 3. The number of nitrogens with zero attached hydrogens (tertiary/aromatic N) is 1. The molecule has 0 aliphatic heterocycles. The van der Waals surface area contributed by atoms with Crippen molar-refractivity contribution in [1.82, 2.24) is 5.43 Å². The third kappa shape index (κ3) is 3.75. The fraction of sp³-hybridized carbons (Fsp3) is 0.400. The lowest BCUT2D eigenvalue weighted by atomic mass is 9.87. The summed E-state index contributed by atoms with van der Waals surface area (Å²) in [4.78, 5) is 14.5. The number of hydrogen-bond donors (Lipinski definition) is 1. The molecule has 0 bridgehead atoms. The van der Waals surface area contributed by atoms with E-state index in [1.165, 1.54) is 28.8 Å². The molecule has 126 valence electrons. The minimum absolute atomic E-state index is 0.107. The zero-order valence-corrected chi connectivity index (χ0v) is 15.4. The number of benzene rings is 1. The van der Waals surface area contributed by atoms with Crippen molar-refractivity contribution < 1.29 is 4.79 Å². The van der Waals surface area contributed by atoms with Crippen LogP contribution in [0.1, 0.15) is 56.6 Å². The maximum absolute atomic E-state index is 12.3. The molecule has 1 amide bonds. The van der Waals surface area contributed by atoms with Gasteiger partial charge in [-0.25, -0.2) is 5.43 Å². The molecule has 4 heteroatoms. The number of hydrogen-bond acceptors (Lipinski definition) is 3. The van der Waals surface area contributed by atoms with Gasteiger partial charge in [-0.2, -0.15) is 5.10 Å². The van der Waals surface area contributed by atoms with Crippen LogP contribution in [0.15, 0.2) is 29.4 Å². The molecule has 0 saturated heterocycles. The first-order valence-electron chi connectivity index (χ1n) is 8.59. The third-order valence-corrected chi connectivity index (χ3v) is 6.03. The van der Waals surface area contributed by atoms with E-state index in [-0.39, 0.29) is 5.91 Å². The Hall–Kier alpha value is -1.94. The summed E-state index contributed by atoms with van der Waals surface area (Å²) >= 11 is 1.62. The summed E-state index contributed by atoms with van der Waals surface area (Å²) < 4.78 is 0. The van der Waals surface area contributed by atoms with Crippen LogP contribution in [-0.4, -0.2) is 12.1 Å². The molecule has 0 radical (unpaired) electrons. The number of rotatable bonds is 4. The number of thiophene rings is 1. The molecule has 0 saturated carbocycles. The molecule has 1 aliphatic carbocycles. The number of carbonyl (C=O) groups excluding carboxylic acids is 1. The summed E-state index contributed by atoms with van der Waals surface area (Å²) in [6.07, 6.45) is 6.41. The van der Waals surface area contributed by atoms with Crippen molar-refractivity contribution in [3.8, 4) is 0 Å². The van der Waals surface area contributed by atoms with Crippen LogP contribution in [0, 0.1) is 19.8 Å². The normalized spacial score (nSPS) is 17.0. The molecule has 1 aliphatic rings. The van der Waals surface area contributed by atoms with Crippen LogP contribution in [0.3, 0.4) is 0 Å². The summed E-state index contributed by atoms with van der Waals surface area (Å²) in [6, 6.07) is 8.27. The number of amides is 1. The predicted octanol–water partition coefficient (Wildman–Crippen LogP) is 4.64. The second kappa shape index (κ2) is 7.31. The average Bonchev–Trinajstić information content (AvgIpc) is 3.01. The Morgan fingerprint density at radius 2 is 2.21 bits per heavy atom. The standard InChI is InChI=1S/C20H24N2OS/c1-4-15-7-8-18-16(10-15)11-19(24-18)20(23)22-21-12-17-9-13(2)5-6-14(17)3/h5-6,9,11-12,15H,4,7-8,10H2,1-3H3,(H,22,23)/b21-12-/t15-/m0/s1. The van der Waals surface area contributed by atoms with E-state index < -0.39 is 0 Å². The van der Waals surface area contributed by atoms with Gasteiger partial charge in [0.05, 0.1) is 11.1 Å².